The number of nitrogens with two attached hydrogens (primary N) is 1. The molecular formula is C16H24N6O2S. The summed E-state index contributed by atoms with van der Waals surface area (Å²) in [6, 6.07) is 1.28. The van der Waals surface area contributed by atoms with Gasteiger partial charge in [-0.25, -0.2) is 9.97 Å². The molecule has 2 aliphatic rings. The Labute approximate surface area is 151 Å². The van der Waals surface area contributed by atoms with Gasteiger partial charge in [0.2, 0.25) is 11.8 Å². The molecule has 2 aliphatic heterocycles. The lowest BCUT2D eigenvalue weighted by atomic mass is 10.1. The van der Waals surface area contributed by atoms with Gasteiger partial charge in [-0.1, -0.05) is 25.1 Å². The van der Waals surface area contributed by atoms with Crippen LogP contribution >= 0.6 is 11.8 Å². The number of nitrogen functional groups attached to an aromatic ring is 1. The Morgan fingerprint density at radius 3 is 2.88 bits per heavy atom. The summed E-state index contributed by atoms with van der Waals surface area (Å²) >= 11 is 1.59. The number of hydrogen-bond donors (Lipinski definition) is 1. The smallest absolute Gasteiger partial charge is 0.247 e. The molecule has 2 N–H and O–H groups in total. The van der Waals surface area contributed by atoms with Crippen LogP contribution in [0.4, 0.5) is 11.6 Å². The number of thioether (sulfide) groups is 1. The van der Waals surface area contributed by atoms with E-state index in [4.69, 9.17) is 5.73 Å². The van der Waals surface area contributed by atoms with E-state index in [0.29, 0.717) is 30.6 Å². The first-order valence-corrected chi connectivity index (χ1v) is 9.55. The van der Waals surface area contributed by atoms with Gasteiger partial charge >= 0.3 is 0 Å². The van der Waals surface area contributed by atoms with Crippen molar-refractivity contribution in [2.45, 2.75) is 31.0 Å². The van der Waals surface area contributed by atoms with Crippen molar-refractivity contribution in [2.24, 2.45) is 0 Å². The van der Waals surface area contributed by atoms with Crippen LogP contribution in [0.2, 0.25) is 0 Å². The summed E-state index contributed by atoms with van der Waals surface area (Å²) in [7, 11) is 1.67. The van der Waals surface area contributed by atoms with E-state index in [1.807, 2.05) is 4.90 Å². The van der Waals surface area contributed by atoms with Crippen molar-refractivity contribution in [3.63, 3.8) is 0 Å². The number of nitrogens with zero attached hydrogens (tertiary/aromatic N) is 5. The van der Waals surface area contributed by atoms with Crippen molar-refractivity contribution >= 4 is 35.2 Å². The summed E-state index contributed by atoms with van der Waals surface area (Å²) in [5, 5.41) is 0.661. The van der Waals surface area contributed by atoms with Gasteiger partial charge < -0.3 is 20.4 Å². The third kappa shape index (κ3) is 3.81. The molecule has 2 saturated heterocycles. The molecule has 8 nitrogen and oxygen atoms in total. The second-order valence-corrected chi connectivity index (χ2v) is 7.44. The monoisotopic (exact) mass is 364 g/mol. The largest absolute Gasteiger partial charge is 0.383 e. The maximum absolute atomic E-state index is 12.4. The number of carbonyl (C=O) groups excluding carboxylic acids is 2. The molecule has 0 unspecified atom stereocenters. The second-order valence-electron chi connectivity index (χ2n) is 6.38. The molecule has 0 spiro atoms. The zero-order valence-electron chi connectivity index (χ0n) is 14.6. The fourth-order valence-corrected chi connectivity index (χ4v) is 4.04. The molecule has 1 atom stereocenters. The number of fused-ring (bicyclic) bond motifs is 1. The third-order valence-electron chi connectivity index (χ3n) is 4.50. The van der Waals surface area contributed by atoms with Crippen LogP contribution in [0.25, 0.3) is 0 Å². The topological polar surface area (TPSA) is 95.7 Å². The molecular weight excluding hydrogens is 340 g/mol. The van der Waals surface area contributed by atoms with Crippen LogP contribution in [0.5, 0.6) is 0 Å². The molecule has 0 aromatic carbocycles. The Balaban J connectivity index is 1.76. The van der Waals surface area contributed by atoms with Gasteiger partial charge in [0, 0.05) is 38.5 Å². The number of anilines is 2. The quantitative estimate of drug-likeness (QED) is 0.460. The number of likely N-dealkylation sites (N-methyl/N-ethyl adjacent to an activating group) is 1. The van der Waals surface area contributed by atoms with Gasteiger partial charge in [-0.3, -0.25) is 9.59 Å². The first kappa shape index (κ1) is 17.8. The molecule has 0 saturated carbocycles. The average Bonchev–Trinajstić information content (AvgIpc) is 2.59. The van der Waals surface area contributed by atoms with Crippen LogP contribution in [-0.4, -0.2) is 76.6 Å². The summed E-state index contributed by atoms with van der Waals surface area (Å²) in [5.41, 5.74) is 5.94. The lowest BCUT2D eigenvalue weighted by Crippen LogP contribution is -2.66. The van der Waals surface area contributed by atoms with E-state index < -0.39 is 6.04 Å². The van der Waals surface area contributed by atoms with Crippen LogP contribution in [0.15, 0.2) is 11.2 Å². The van der Waals surface area contributed by atoms with Crippen LogP contribution in [0.3, 0.4) is 0 Å². The van der Waals surface area contributed by atoms with Crippen molar-refractivity contribution in [3.8, 4) is 0 Å². The standard InChI is InChI=1S/C16H24N6O2S/c1-3-4-7-25-16-18-12(17)8-13(19-16)21-5-6-22-11(9-21)15(24)20(2)10-14(22)23/h8,11H,3-7,9-10H2,1-2H3,(H2,17,18,19)/t11-/m1/s1. The van der Waals surface area contributed by atoms with E-state index in [-0.39, 0.29) is 18.4 Å². The van der Waals surface area contributed by atoms with Crippen molar-refractivity contribution < 1.29 is 9.59 Å². The summed E-state index contributed by atoms with van der Waals surface area (Å²) in [6.45, 7) is 3.89. The Bertz CT molecular complexity index is 670. The molecule has 2 fully saturated rings. The van der Waals surface area contributed by atoms with Gasteiger partial charge in [-0.05, 0) is 6.42 Å². The molecule has 2 amide bonds. The molecule has 1 aromatic heterocycles. The highest BCUT2D eigenvalue weighted by atomic mass is 32.2. The predicted octanol–water partition coefficient (Wildman–Crippen LogP) is 0.440. The Morgan fingerprint density at radius 2 is 2.12 bits per heavy atom. The van der Waals surface area contributed by atoms with E-state index in [2.05, 4.69) is 16.9 Å². The van der Waals surface area contributed by atoms with Crippen molar-refractivity contribution in [1.29, 1.82) is 0 Å². The first-order chi connectivity index (χ1) is 12.0. The van der Waals surface area contributed by atoms with Gasteiger partial charge in [0.1, 0.15) is 17.7 Å². The van der Waals surface area contributed by atoms with Crippen LogP contribution in [0.1, 0.15) is 19.8 Å². The third-order valence-corrected chi connectivity index (χ3v) is 5.43. The highest BCUT2D eigenvalue weighted by Crippen LogP contribution is 2.25. The predicted molar refractivity (Wildman–Crippen MR) is 97.4 cm³/mol. The molecule has 25 heavy (non-hydrogen) atoms. The van der Waals surface area contributed by atoms with E-state index in [0.717, 1.165) is 24.4 Å². The first-order valence-electron chi connectivity index (χ1n) is 8.56. The number of aromatic nitrogens is 2. The normalized spacial score (nSPS) is 20.9. The van der Waals surface area contributed by atoms with Gasteiger partial charge in [-0.2, -0.15) is 0 Å². The lowest BCUT2D eigenvalue weighted by molar-refractivity contribution is -0.154. The molecule has 136 valence electrons. The number of amides is 2. The summed E-state index contributed by atoms with van der Waals surface area (Å²) < 4.78 is 0. The van der Waals surface area contributed by atoms with Crippen LogP contribution < -0.4 is 10.6 Å². The maximum Gasteiger partial charge on any atom is 0.247 e. The zero-order valence-corrected chi connectivity index (χ0v) is 15.5. The van der Waals surface area contributed by atoms with Gasteiger partial charge in [0.15, 0.2) is 5.16 Å². The zero-order chi connectivity index (χ0) is 18.0. The van der Waals surface area contributed by atoms with Crippen LogP contribution in [0, 0.1) is 0 Å². The molecule has 9 heteroatoms. The van der Waals surface area contributed by atoms with Gasteiger partial charge in [0.25, 0.3) is 0 Å². The summed E-state index contributed by atoms with van der Waals surface area (Å²) in [5.74, 6) is 2.08. The number of piperazine rings is 2. The fourth-order valence-electron chi connectivity index (χ4n) is 3.09. The Hall–Kier alpha value is -2.03. The second kappa shape index (κ2) is 7.47. The maximum atomic E-state index is 12.4. The van der Waals surface area contributed by atoms with Crippen LogP contribution in [-0.2, 0) is 9.59 Å². The van der Waals surface area contributed by atoms with Gasteiger partial charge in [0.05, 0.1) is 6.54 Å². The Morgan fingerprint density at radius 1 is 1.32 bits per heavy atom. The molecule has 0 radical (unpaired) electrons. The molecule has 3 heterocycles. The molecule has 3 rings (SSSR count). The van der Waals surface area contributed by atoms with Crippen molar-refractivity contribution in [2.75, 3.05) is 49.6 Å². The fraction of sp³-hybridized carbons (Fsp3) is 0.625. The highest BCUT2D eigenvalue weighted by molar-refractivity contribution is 7.99. The lowest BCUT2D eigenvalue weighted by Gasteiger charge is -2.45. The minimum Gasteiger partial charge on any atom is -0.383 e. The van der Waals surface area contributed by atoms with E-state index >= 15 is 0 Å². The molecule has 1 aromatic rings. The summed E-state index contributed by atoms with van der Waals surface area (Å²) in [6.07, 6.45) is 2.22. The highest BCUT2D eigenvalue weighted by Gasteiger charge is 2.41. The minimum absolute atomic E-state index is 0.00441. The van der Waals surface area contributed by atoms with E-state index in [1.54, 1.807) is 29.8 Å². The minimum atomic E-state index is -0.451. The van der Waals surface area contributed by atoms with Crippen molar-refractivity contribution in [1.82, 2.24) is 19.8 Å². The number of rotatable bonds is 5. The number of carbonyl (C=O) groups is 2. The SMILES string of the molecule is CCCCSc1nc(N)cc(N2CCN3C(=O)CN(C)C(=O)[C@H]3C2)n1. The number of unbranched alkanes of at least 4 members (excludes halogenated alkanes) is 1. The Kier molecular flexibility index (Phi) is 5.31. The van der Waals surface area contributed by atoms with Gasteiger partial charge in [-0.15, -0.1) is 0 Å². The number of hydrogen-bond acceptors (Lipinski definition) is 7. The molecule has 0 aliphatic carbocycles. The summed E-state index contributed by atoms with van der Waals surface area (Å²) in [4.78, 5) is 38.7. The molecule has 0 bridgehead atoms. The van der Waals surface area contributed by atoms with Crippen molar-refractivity contribution in [3.05, 3.63) is 6.07 Å². The van der Waals surface area contributed by atoms with E-state index in [9.17, 15) is 9.59 Å². The average molecular weight is 364 g/mol. The van der Waals surface area contributed by atoms with E-state index in [1.165, 1.54) is 4.90 Å².